The van der Waals surface area contributed by atoms with Crippen LogP contribution in [0.4, 0.5) is 5.69 Å². The van der Waals surface area contributed by atoms with Crippen molar-refractivity contribution < 1.29 is 17.9 Å². The molecule has 6 nitrogen and oxygen atoms in total. The molecule has 1 amide bonds. The highest BCUT2D eigenvalue weighted by Crippen LogP contribution is 2.34. The van der Waals surface area contributed by atoms with Gasteiger partial charge in [-0.2, -0.15) is 4.31 Å². The Morgan fingerprint density at radius 2 is 1.66 bits per heavy atom. The molecule has 0 bridgehead atoms. The average molecular weight is 473 g/mol. The second kappa shape index (κ2) is 10.7. The van der Waals surface area contributed by atoms with E-state index in [1.165, 1.54) is 41.0 Å². The number of nitrogens with one attached hydrogen (secondary N) is 1. The van der Waals surface area contributed by atoms with Crippen LogP contribution in [0.15, 0.2) is 64.4 Å². The van der Waals surface area contributed by atoms with Crippen LogP contribution in [0.5, 0.6) is 0 Å². The van der Waals surface area contributed by atoms with Gasteiger partial charge >= 0.3 is 0 Å². The molecule has 8 heteroatoms. The molecule has 0 spiro atoms. The van der Waals surface area contributed by atoms with Gasteiger partial charge in [-0.15, -0.1) is 11.8 Å². The number of hydrogen-bond acceptors (Lipinski definition) is 5. The van der Waals surface area contributed by atoms with Crippen LogP contribution in [0, 0.1) is 0 Å². The van der Waals surface area contributed by atoms with Crippen molar-refractivity contribution in [3.05, 3.63) is 60.2 Å². The molecule has 1 N–H and O–H groups in total. The maximum atomic E-state index is 12.7. The fraction of sp³-hybridized carbons (Fsp3) is 0.375. The van der Waals surface area contributed by atoms with E-state index in [1.54, 1.807) is 30.3 Å². The molecule has 2 aliphatic rings. The Bertz CT molecular complexity index is 1040. The first-order valence-corrected chi connectivity index (χ1v) is 13.3. The first-order valence-electron chi connectivity index (χ1n) is 10.9. The summed E-state index contributed by atoms with van der Waals surface area (Å²) in [5.74, 6) is -0.230. The van der Waals surface area contributed by atoms with Gasteiger partial charge in [-0.3, -0.25) is 4.79 Å². The molecule has 4 rings (SSSR count). The molecule has 0 unspecified atom stereocenters. The van der Waals surface area contributed by atoms with E-state index in [9.17, 15) is 13.2 Å². The lowest BCUT2D eigenvalue weighted by Crippen LogP contribution is -2.40. The Kier molecular flexibility index (Phi) is 7.67. The zero-order chi connectivity index (χ0) is 22.4. The zero-order valence-electron chi connectivity index (χ0n) is 17.9. The maximum absolute atomic E-state index is 12.7. The monoisotopic (exact) mass is 472 g/mol. The first-order chi connectivity index (χ1) is 15.5. The molecule has 0 radical (unpaired) electrons. The number of thioether (sulfide) groups is 1. The van der Waals surface area contributed by atoms with Crippen molar-refractivity contribution >= 4 is 39.5 Å². The molecular weight excluding hydrogens is 444 g/mol. The standard InChI is InChI=1S/C24H28N2O4S2/c27-24(25-20-8-10-22(11-9-20)31-21-3-1-2-4-21)14-7-19-5-12-23(13-6-19)32(28,29)26-15-17-30-18-16-26/h5-14,21H,1-4,15-18H2,(H,25,27)/b14-7+. The predicted octanol–water partition coefficient (Wildman–Crippen LogP) is 4.39. The molecule has 1 heterocycles. The summed E-state index contributed by atoms with van der Waals surface area (Å²) in [5, 5.41) is 3.58. The first kappa shape index (κ1) is 23.0. The molecule has 1 aliphatic heterocycles. The summed E-state index contributed by atoms with van der Waals surface area (Å²) in [5.41, 5.74) is 1.51. The molecule has 1 saturated carbocycles. The van der Waals surface area contributed by atoms with Gasteiger partial charge in [-0.05, 0) is 60.9 Å². The number of nitrogens with zero attached hydrogens (tertiary/aromatic N) is 1. The van der Waals surface area contributed by atoms with Crippen molar-refractivity contribution in [3.8, 4) is 0 Å². The van der Waals surface area contributed by atoms with Crippen LogP contribution in [0.3, 0.4) is 0 Å². The second-order valence-corrected chi connectivity index (χ2v) is 11.3. The molecule has 32 heavy (non-hydrogen) atoms. The molecule has 170 valence electrons. The van der Waals surface area contributed by atoms with Crippen molar-refractivity contribution in [2.45, 2.75) is 40.7 Å². The summed E-state index contributed by atoms with van der Waals surface area (Å²) in [6.45, 7) is 1.56. The highest BCUT2D eigenvalue weighted by Gasteiger charge is 2.26. The molecule has 2 aromatic carbocycles. The van der Waals surface area contributed by atoms with Crippen LogP contribution in [0.1, 0.15) is 31.2 Å². The quantitative estimate of drug-likeness (QED) is 0.605. The molecule has 1 saturated heterocycles. The number of carbonyl (C=O) groups is 1. The zero-order valence-corrected chi connectivity index (χ0v) is 19.5. The number of hydrogen-bond donors (Lipinski definition) is 1. The van der Waals surface area contributed by atoms with Crippen LogP contribution in [-0.4, -0.2) is 50.2 Å². The number of anilines is 1. The number of amides is 1. The number of carbonyl (C=O) groups excluding carboxylic acids is 1. The van der Waals surface area contributed by atoms with E-state index in [1.807, 2.05) is 23.9 Å². The van der Waals surface area contributed by atoms with Crippen molar-refractivity contribution in [1.82, 2.24) is 4.31 Å². The number of morpholine rings is 1. The summed E-state index contributed by atoms with van der Waals surface area (Å²) in [6, 6.07) is 14.5. The van der Waals surface area contributed by atoms with E-state index in [2.05, 4.69) is 17.4 Å². The molecule has 0 atom stereocenters. The number of ether oxygens (including phenoxy) is 1. The third-order valence-electron chi connectivity index (χ3n) is 5.64. The summed E-state index contributed by atoms with van der Waals surface area (Å²) in [6.07, 6.45) is 8.34. The Balaban J connectivity index is 1.31. The highest BCUT2D eigenvalue weighted by molar-refractivity contribution is 8.00. The van der Waals surface area contributed by atoms with Crippen LogP contribution in [0.2, 0.25) is 0 Å². The lowest BCUT2D eigenvalue weighted by Gasteiger charge is -2.26. The highest BCUT2D eigenvalue weighted by atomic mass is 32.2. The molecule has 2 fully saturated rings. The van der Waals surface area contributed by atoms with Crippen LogP contribution in [-0.2, 0) is 19.6 Å². The number of benzene rings is 2. The van der Waals surface area contributed by atoms with Crippen LogP contribution < -0.4 is 5.32 Å². The fourth-order valence-electron chi connectivity index (χ4n) is 3.86. The van der Waals surface area contributed by atoms with Crippen molar-refractivity contribution in [3.63, 3.8) is 0 Å². The summed E-state index contributed by atoms with van der Waals surface area (Å²) >= 11 is 1.92. The summed E-state index contributed by atoms with van der Waals surface area (Å²) in [4.78, 5) is 13.7. The van der Waals surface area contributed by atoms with E-state index in [4.69, 9.17) is 4.74 Å². The van der Waals surface area contributed by atoms with E-state index in [0.29, 0.717) is 31.6 Å². The lowest BCUT2D eigenvalue weighted by atomic mass is 10.2. The third-order valence-corrected chi connectivity index (χ3v) is 8.90. The van der Waals surface area contributed by atoms with E-state index in [-0.39, 0.29) is 10.8 Å². The van der Waals surface area contributed by atoms with Crippen LogP contribution in [0.25, 0.3) is 6.08 Å². The summed E-state index contributed by atoms with van der Waals surface area (Å²) < 4.78 is 32.0. The summed E-state index contributed by atoms with van der Waals surface area (Å²) in [7, 11) is -3.51. The van der Waals surface area contributed by atoms with E-state index in [0.717, 1.165) is 11.3 Å². The second-order valence-electron chi connectivity index (χ2n) is 7.96. The van der Waals surface area contributed by atoms with Gasteiger partial charge in [-0.25, -0.2) is 8.42 Å². The topological polar surface area (TPSA) is 75.7 Å². The largest absolute Gasteiger partial charge is 0.379 e. The Hall–Kier alpha value is -2.13. The maximum Gasteiger partial charge on any atom is 0.248 e. The van der Waals surface area contributed by atoms with Gasteiger partial charge in [0.25, 0.3) is 0 Å². The Morgan fingerprint density at radius 3 is 2.31 bits per heavy atom. The average Bonchev–Trinajstić information content (AvgIpc) is 3.33. The smallest absolute Gasteiger partial charge is 0.248 e. The minimum Gasteiger partial charge on any atom is -0.379 e. The van der Waals surface area contributed by atoms with E-state index >= 15 is 0 Å². The van der Waals surface area contributed by atoms with Crippen molar-refractivity contribution in [2.24, 2.45) is 0 Å². The lowest BCUT2D eigenvalue weighted by molar-refractivity contribution is -0.111. The molecule has 1 aliphatic carbocycles. The van der Waals surface area contributed by atoms with Gasteiger partial charge in [0, 0.05) is 35.0 Å². The van der Waals surface area contributed by atoms with E-state index < -0.39 is 10.0 Å². The van der Waals surface area contributed by atoms with Crippen molar-refractivity contribution in [2.75, 3.05) is 31.6 Å². The van der Waals surface area contributed by atoms with Gasteiger partial charge < -0.3 is 10.1 Å². The minimum absolute atomic E-state index is 0.230. The predicted molar refractivity (Wildman–Crippen MR) is 128 cm³/mol. The molecular formula is C24H28N2O4S2. The minimum atomic E-state index is -3.51. The van der Waals surface area contributed by atoms with Gasteiger partial charge in [0.15, 0.2) is 0 Å². The normalized spacial score (nSPS) is 18.2. The fourth-order valence-corrected chi connectivity index (χ4v) is 6.51. The van der Waals surface area contributed by atoms with Gasteiger partial charge in [0.2, 0.25) is 15.9 Å². The van der Waals surface area contributed by atoms with Crippen molar-refractivity contribution in [1.29, 1.82) is 0 Å². The Labute approximate surface area is 194 Å². The van der Waals surface area contributed by atoms with Gasteiger partial charge in [-0.1, -0.05) is 25.0 Å². The molecule has 2 aromatic rings. The number of sulfonamides is 1. The Morgan fingerprint density at radius 1 is 1.00 bits per heavy atom. The molecule has 0 aromatic heterocycles. The van der Waals surface area contributed by atoms with Gasteiger partial charge in [0.05, 0.1) is 18.1 Å². The number of rotatable bonds is 7. The van der Waals surface area contributed by atoms with Crippen LogP contribution >= 0.6 is 11.8 Å². The SMILES string of the molecule is O=C(/C=C/c1ccc(S(=O)(=O)N2CCOCC2)cc1)Nc1ccc(SC2CCCC2)cc1. The van der Waals surface area contributed by atoms with Gasteiger partial charge in [0.1, 0.15) is 0 Å². The third kappa shape index (κ3) is 6.01.